The summed E-state index contributed by atoms with van der Waals surface area (Å²) in [5.41, 5.74) is 6.69. The summed E-state index contributed by atoms with van der Waals surface area (Å²) in [5, 5.41) is 25.8. The number of nitrogens with two attached hydrogens (primary N) is 1. The Hall–Kier alpha value is -4.27. The fraction of sp³-hybridized carbons (Fsp3) is 0.476. The first-order valence-electron chi connectivity index (χ1n) is 11.0. The van der Waals surface area contributed by atoms with Crippen LogP contribution in [-0.4, -0.2) is 84.0 Å². The van der Waals surface area contributed by atoms with Crippen molar-refractivity contribution in [3.8, 4) is 0 Å². The van der Waals surface area contributed by atoms with E-state index in [2.05, 4.69) is 35.9 Å². The van der Waals surface area contributed by atoms with Gasteiger partial charge in [-0.05, 0) is 5.92 Å². The van der Waals surface area contributed by atoms with E-state index in [9.17, 15) is 34.2 Å². The van der Waals surface area contributed by atoms with Crippen molar-refractivity contribution in [1.29, 1.82) is 0 Å². The first-order chi connectivity index (χ1) is 17.0. The van der Waals surface area contributed by atoms with E-state index in [4.69, 9.17) is 5.73 Å². The van der Waals surface area contributed by atoms with Gasteiger partial charge in [0, 0.05) is 36.6 Å². The Morgan fingerprint density at radius 2 is 1.31 bits per heavy atom. The Labute approximate surface area is 205 Å². The van der Waals surface area contributed by atoms with Gasteiger partial charge in [0.1, 0.15) is 18.1 Å². The number of H-pyrrole nitrogens is 2. The second-order valence-corrected chi connectivity index (χ2v) is 8.45. The number of imidazole rings is 2. The Morgan fingerprint density at radius 3 is 1.75 bits per heavy atom. The zero-order valence-corrected chi connectivity index (χ0v) is 19.7. The summed E-state index contributed by atoms with van der Waals surface area (Å²) in [4.78, 5) is 74.6. The summed E-state index contributed by atoms with van der Waals surface area (Å²) in [6, 6.07) is -5.19. The minimum atomic E-state index is -1.53. The van der Waals surface area contributed by atoms with Gasteiger partial charge >= 0.3 is 11.9 Å². The summed E-state index contributed by atoms with van der Waals surface area (Å²) in [6.07, 6.45) is 4.55. The van der Waals surface area contributed by atoms with Crippen molar-refractivity contribution in [2.75, 3.05) is 0 Å². The van der Waals surface area contributed by atoms with Crippen LogP contribution in [0.4, 0.5) is 0 Å². The highest BCUT2D eigenvalue weighted by molar-refractivity contribution is 5.95. The molecule has 36 heavy (non-hydrogen) atoms. The van der Waals surface area contributed by atoms with Gasteiger partial charge in [0.05, 0.1) is 25.1 Å². The van der Waals surface area contributed by atoms with E-state index in [-0.39, 0.29) is 18.8 Å². The average molecular weight is 507 g/mol. The van der Waals surface area contributed by atoms with Crippen molar-refractivity contribution < 1.29 is 34.2 Å². The topological polar surface area (TPSA) is 245 Å². The zero-order valence-electron chi connectivity index (χ0n) is 19.7. The van der Waals surface area contributed by atoms with Gasteiger partial charge in [-0.2, -0.15) is 0 Å². The van der Waals surface area contributed by atoms with Crippen LogP contribution in [0.1, 0.15) is 31.7 Å². The lowest BCUT2D eigenvalue weighted by molar-refractivity contribution is -0.143. The molecule has 0 saturated heterocycles. The predicted octanol–water partition coefficient (Wildman–Crippen LogP) is -2.08. The van der Waals surface area contributed by atoms with Crippen molar-refractivity contribution in [2.45, 2.75) is 57.3 Å². The minimum absolute atomic E-state index is 0.101. The maximum atomic E-state index is 13.0. The van der Waals surface area contributed by atoms with Crippen LogP contribution in [0.5, 0.6) is 0 Å². The Balaban J connectivity index is 2.21. The lowest BCUT2D eigenvalue weighted by Gasteiger charge is -2.25. The molecule has 15 heteroatoms. The molecule has 0 aromatic carbocycles. The smallest absolute Gasteiger partial charge is 0.326 e. The number of aliphatic carboxylic acids is 2. The van der Waals surface area contributed by atoms with Crippen molar-refractivity contribution in [3.05, 3.63) is 36.4 Å². The molecule has 4 atom stereocenters. The van der Waals surface area contributed by atoms with Crippen molar-refractivity contribution in [3.63, 3.8) is 0 Å². The summed E-state index contributed by atoms with van der Waals surface area (Å²) in [5.74, 6) is -5.49. The second kappa shape index (κ2) is 13.0. The molecule has 0 bridgehead atoms. The largest absolute Gasteiger partial charge is 0.481 e. The minimum Gasteiger partial charge on any atom is -0.481 e. The van der Waals surface area contributed by atoms with Crippen LogP contribution in [0, 0.1) is 5.92 Å². The molecule has 9 N–H and O–H groups in total. The van der Waals surface area contributed by atoms with Gasteiger partial charge in [0.2, 0.25) is 17.7 Å². The molecule has 0 aliphatic heterocycles. The Bertz CT molecular complexity index is 1040. The molecule has 2 aromatic heterocycles. The van der Waals surface area contributed by atoms with Crippen LogP contribution in [0.2, 0.25) is 0 Å². The number of amides is 3. The molecule has 196 valence electrons. The molecular formula is C21H30N8O7. The third-order valence-corrected chi connectivity index (χ3v) is 5.24. The van der Waals surface area contributed by atoms with Crippen molar-refractivity contribution >= 4 is 29.7 Å². The molecule has 15 nitrogen and oxygen atoms in total. The highest BCUT2D eigenvalue weighted by Crippen LogP contribution is 2.06. The second-order valence-electron chi connectivity index (χ2n) is 8.45. The predicted molar refractivity (Wildman–Crippen MR) is 123 cm³/mol. The van der Waals surface area contributed by atoms with Crippen LogP contribution in [0.25, 0.3) is 0 Å². The Kier molecular flexibility index (Phi) is 10.1. The van der Waals surface area contributed by atoms with Crippen LogP contribution >= 0.6 is 0 Å². The van der Waals surface area contributed by atoms with E-state index in [1.54, 1.807) is 13.8 Å². The molecule has 2 heterocycles. The quantitative estimate of drug-likeness (QED) is 0.139. The zero-order chi connectivity index (χ0) is 26.8. The van der Waals surface area contributed by atoms with Gasteiger partial charge in [-0.25, -0.2) is 14.8 Å². The van der Waals surface area contributed by atoms with Crippen LogP contribution < -0.4 is 21.7 Å². The SMILES string of the molecule is CC(C)C(N)C(=O)NC(CC(=O)O)C(=O)NC(Cc1cnc[nH]1)C(=O)NC(Cc1cnc[nH]1)C(=O)O. The van der Waals surface area contributed by atoms with Gasteiger partial charge in [-0.15, -0.1) is 0 Å². The summed E-state index contributed by atoms with van der Waals surface area (Å²) >= 11 is 0. The summed E-state index contributed by atoms with van der Waals surface area (Å²) in [6.45, 7) is 3.37. The van der Waals surface area contributed by atoms with Gasteiger partial charge < -0.3 is 41.9 Å². The van der Waals surface area contributed by atoms with E-state index in [0.29, 0.717) is 11.4 Å². The summed E-state index contributed by atoms with van der Waals surface area (Å²) < 4.78 is 0. The van der Waals surface area contributed by atoms with Crippen LogP contribution in [-0.2, 0) is 36.8 Å². The lowest BCUT2D eigenvalue weighted by Crippen LogP contribution is -2.58. The number of carbonyl (C=O) groups excluding carboxylic acids is 3. The molecular weight excluding hydrogens is 476 g/mol. The molecule has 3 amide bonds. The first kappa shape index (κ1) is 28.0. The van der Waals surface area contributed by atoms with Crippen molar-refractivity contribution in [1.82, 2.24) is 35.9 Å². The maximum absolute atomic E-state index is 13.0. The summed E-state index contributed by atoms with van der Waals surface area (Å²) in [7, 11) is 0. The Morgan fingerprint density at radius 1 is 0.833 bits per heavy atom. The molecule has 2 aromatic rings. The normalized spacial score (nSPS) is 14.3. The number of aromatic amines is 2. The van der Waals surface area contributed by atoms with E-state index in [0.717, 1.165) is 0 Å². The number of nitrogens with one attached hydrogen (secondary N) is 5. The number of carbonyl (C=O) groups is 5. The highest BCUT2D eigenvalue weighted by atomic mass is 16.4. The standard InChI is InChI=1S/C21H30N8O7/c1-10(2)17(22)20(34)28-14(5-16(30)31)19(33)27-13(3-11-6-23-8-25-11)18(32)29-15(21(35)36)4-12-7-24-9-26-12/h6-10,13-15,17H,3-5,22H2,1-2H3,(H,23,25)(H,24,26)(H,27,33)(H,28,34)(H,29,32)(H,30,31)(H,35,36). The molecule has 0 aliphatic rings. The highest BCUT2D eigenvalue weighted by Gasteiger charge is 2.32. The molecule has 2 rings (SSSR count). The van der Waals surface area contributed by atoms with E-state index in [1.165, 1.54) is 25.0 Å². The van der Waals surface area contributed by atoms with Gasteiger partial charge in [-0.3, -0.25) is 19.2 Å². The number of rotatable bonds is 14. The number of hydrogen-bond donors (Lipinski definition) is 8. The van der Waals surface area contributed by atoms with Gasteiger partial charge in [0.25, 0.3) is 0 Å². The molecule has 4 unspecified atom stereocenters. The molecule has 0 radical (unpaired) electrons. The lowest BCUT2D eigenvalue weighted by atomic mass is 10.0. The number of carboxylic acid groups (broad SMARTS) is 2. The number of carboxylic acids is 2. The van der Waals surface area contributed by atoms with E-state index in [1.807, 2.05) is 0 Å². The third kappa shape index (κ3) is 8.50. The third-order valence-electron chi connectivity index (χ3n) is 5.24. The van der Waals surface area contributed by atoms with Gasteiger partial charge in [0.15, 0.2) is 0 Å². The maximum Gasteiger partial charge on any atom is 0.326 e. The molecule has 0 aliphatic carbocycles. The van der Waals surface area contributed by atoms with E-state index >= 15 is 0 Å². The van der Waals surface area contributed by atoms with Crippen LogP contribution in [0.3, 0.4) is 0 Å². The van der Waals surface area contributed by atoms with E-state index < -0.39 is 60.2 Å². The number of nitrogens with zero attached hydrogens (tertiary/aromatic N) is 2. The average Bonchev–Trinajstić information content (AvgIpc) is 3.50. The fourth-order valence-corrected chi connectivity index (χ4v) is 3.14. The fourth-order valence-electron chi connectivity index (χ4n) is 3.14. The first-order valence-corrected chi connectivity index (χ1v) is 11.0. The van der Waals surface area contributed by atoms with Gasteiger partial charge in [-0.1, -0.05) is 13.8 Å². The molecule has 0 fully saturated rings. The van der Waals surface area contributed by atoms with Crippen molar-refractivity contribution in [2.24, 2.45) is 11.7 Å². The molecule has 0 saturated carbocycles. The monoisotopic (exact) mass is 506 g/mol. The molecule has 0 spiro atoms. The number of hydrogen-bond acceptors (Lipinski definition) is 8. The van der Waals surface area contributed by atoms with Crippen LogP contribution in [0.15, 0.2) is 25.0 Å². The number of aromatic nitrogens is 4.